The number of nitrogens with zero attached hydrogens (tertiary/aromatic N) is 1. The molecule has 0 saturated carbocycles. The zero-order valence-electron chi connectivity index (χ0n) is 8.16. The van der Waals surface area contributed by atoms with E-state index in [0.29, 0.717) is 6.00 Å². The molecule has 0 aliphatic rings. The van der Waals surface area contributed by atoms with Crippen LogP contribution in [-0.4, -0.2) is 30.5 Å². The molecule has 96 valence electrons. The molecule has 0 rings (SSSR count). The first kappa shape index (κ1) is 17.3. The van der Waals surface area contributed by atoms with Gasteiger partial charge in [-0.3, -0.25) is 4.48 Å². The molecule has 0 aliphatic heterocycles. The maximum atomic E-state index is 10.6. The predicted molar refractivity (Wildman–Crippen MR) is 47.1 cm³/mol. The molecule has 0 radical (unpaired) electrons. The van der Waals surface area contributed by atoms with E-state index < -0.39 is 7.81 Å². The van der Waals surface area contributed by atoms with E-state index in [1.54, 1.807) is 14.1 Å². The van der Waals surface area contributed by atoms with Gasteiger partial charge in [0.1, 0.15) is 0 Å². The predicted octanol–water partition coefficient (Wildman–Crippen LogP) is 4.19. The van der Waals surface area contributed by atoms with Gasteiger partial charge in [0, 0.05) is 0 Å². The average molecular weight is 282 g/mol. The minimum absolute atomic E-state index is 0.0833. The Morgan fingerprint density at radius 2 is 1.33 bits per heavy atom. The Morgan fingerprint density at radius 3 is 1.33 bits per heavy atom. The van der Waals surface area contributed by atoms with E-state index in [2.05, 4.69) is 0 Å². The first-order valence-corrected chi connectivity index (χ1v) is 5.98. The fourth-order valence-corrected chi connectivity index (χ4v) is 0.252. The number of rotatable bonds is 1. The summed E-state index contributed by atoms with van der Waals surface area (Å²) in [6, 6.07) is 0.343. The molecule has 0 unspecified atom stereocenters. The van der Waals surface area contributed by atoms with Crippen LogP contribution in [0, 0.1) is 0 Å². The number of quaternary nitrogens is 1. The van der Waals surface area contributed by atoms with Crippen LogP contribution in [-0.2, 0) is 4.79 Å². The van der Waals surface area contributed by atoms with Crippen molar-refractivity contribution in [3.63, 3.8) is 0 Å². The fraction of sp³-hybridized carbons (Fsp3) is 0.800. The second kappa shape index (κ2) is 3.75. The molecule has 1 amide bonds. The molecule has 2 nitrogen and oxygen atoms in total. The SMILES string of the molecule is CC(=O)[N+](C)(C)CCl.F[P-](F)(F)(F)(F)F. The molecule has 0 aliphatic carbocycles. The van der Waals surface area contributed by atoms with Crippen LogP contribution in [0.4, 0.5) is 25.2 Å². The molecule has 15 heavy (non-hydrogen) atoms. The van der Waals surface area contributed by atoms with Gasteiger partial charge in [-0.1, -0.05) is 11.6 Å². The van der Waals surface area contributed by atoms with E-state index >= 15 is 0 Å². The number of alkyl halides is 1. The second-order valence-electron chi connectivity index (χ2n) is 3.28. The van der Waals surface area contributed by atoms with Crippen molar-refractivity contribution in [3.8, 4) is 0 Å². The van der Waals surface area contributed by atoms with Crippen molar-refractivity contribution >= 4 is 25.3 Å². The Labute approximate surface area is 87.6 Å². The van der Waals surface area contributed by atoms with Crippen molar-refractivity contribution in [1.82, 2.24) is 0 Å². The molecule has 0 fully saturated rings. The first-order chi connectivity index (χ1) is 5.95. The summed E-state index contributed by atoms with van der Waals surface area (Å²) in [4.78, 5) is 10.6. The van der Waals surface area contributed by atoms with E-state index in [1.807, 2.05) is 0 Å². The Bertz CT molecular complexity index is 234. The van der Waals surface area contributed by atoms with Gasteiger partial charge in [-0.2, -0.15) is 0 Å². The molecule has 0 heterocycles. The number of hydrogen-bond donors (Lipinski definition) is 0. The topological polar surface area (TPSA) is 17.1 Å². The van der Waals surface area contributed by atoms with Crippen LogP contribution in [0.5, 0.6) is 0 Å². The summed E-state index contributed by atoms with van der Waals surface area (Å²) in [5, 5.41) is 0. The molecule has 0 saturated heterocycles. The van der Waals surface area contributed by atoms with Gasteiger partial charge in [0.15, 0.2) is 6.00 Å². The van der Waals surface area contributed by atoms with Crippen LogP contribution in [0.25, 0.3) is 0 Å². The van der Waals surface area contributed by atoms with E-state index in [9.17, 15) is 30.0 Å². The zero-order valence-corrected chi connectivity index (χ0v) is 9.81. The quantitative estimate of drug-likeness (QED) is 0.232. The minimum atomic E-state index is -10.7. The van der Waals surface area contributed by atoms with Crippen molar-refractivity contribution in [2.24, 2.45) is 0 Å². The number of carbonyl (C=O) groups is 1. The van der Waals surface area contributed by atoms with Crippen molar-refractivity contribution in [2.75, 3.05) is 20.1 Å². The molecule has 0 bridgehead atoms. The summed E-state index contributed by atoms with van der Waals surface area (Å²) in [6.45, 7) is 1.53. The van der Waals surface area contributed by atoms with Crippen LogP contribution >= 0.6 is 19.4 Å². The van der Waals surface area contributed by atoms with Gasteiger partial charge in [0.2, 0.25) is 0 Å². The van der Waals surface area contributed by atoms with Gasteiger partial charge in [-0.25, -0.2) is 4.79 Å². The van der Waals surface area contributed by atoms with Crippen LogP contribution in [0.1, 0.15) is 6.92 Å². The van der Waals surface area contributed by atoms with Gasteiger partial charge >= 0.3 is 38.9 Å². The summed E-state index contributed by atoms with van der Waals surface area (Å²) in [5.74, 6) is 0.0833. The summed E-state index contributed by atoms with van der Waals surface area (Å²) in [5.41, 5.74) is 0. The third kappa shape index (κ3) is 24.9. The van der Waals surface area contributed by atoms with Gasteiger partial charge in [-0.05, 0) is 0 Å². The Hall–Kier alpha value is -0.0700. The molecule has 0 spiro atoms. The van der Waals surface area contributed by atoms with E-state index in [-0.39, 0.29) is 10.4 Å². The van der Waals surface area contributed by atoms with E-state index in [0.717, 1.165) is 0 Å². The number of hydrogen-bond acceptors (Lipinski definition) is 1. The molecule has 0 aromatic heterocycles. The zero-order chi connectivity index (χ0) is 13.2. The number of halogens is 7. The van der Waals surface area contributed by atoms with Crippen molar-refractivity contribution < 1.29 is 34.5 Å². The molecular weight excluding hydrogens is 270 g/mol. The van der Waals surface area contributed by atoms with Crippen LogP contribution in [0.2, 0.25) is 0 Å². The molecule has 0 aromatic rings. The normalized spacial score (nSPS) is 16.9. The monoisotopic (exact) mass is 281 g/mol. The van der Waals surface area contributed by atoms with Gasteiger partial charge < -0.3 is 0 Å². The summed E-state index contributed by atoms with van der Waals surface area (Å²) < 4.78 is 59.4. The number of amides is 1. The van der Waals surface area contributed by atoms with Crippen molar-refractivity contribution in [1.29, 1.82) is 0 Å². The maximum absolute atomic E-state index is 10.7. The molecular formula is C5H11ClF6NOP. The Kier molecular flexibility index (Phi) is 4.33. The van der Waals surface area contributed by atoms with Gasteiger partial charge in [-0.15, -0.1) is 0 Å². The third-order valence-electron chi connectivity index (χ3n) is 1.15. The average Bonchev–Trinajstić information content (AvgIpc) is 1.80. The van der Waals surface area contributed by atoms with Gasteiger partial charge in [0.05, 0.1) is 21.0 Å². The van der Waals surface area contributed by atoms with Crippen molar-refractivity contribution in [3.05, 3.63) is 0 Å². The van der Waals surface area contributed by atoms with E-state index in [1.165, 1.54) is 6.92 Å². The fourth-order valence-electron chi connectivity index (χ4n) is 0.0842. The number of carbonyl (C=O) groups excluding carboxylic acids is 1. The molecule has 0 aromatic carbocycles. The van der Waals surface area contributed by atoms with Gasteiger partial charge in [0.25, 0.3) is 0 Å². The first-order valence-electron chi connectivity index (χ1n) is 3.42. The molecule has 10 heteroatoms. The van der Waals surface area contributed by atoms with Crippen molar-refractivity contribution in [2.45, 2.75) is 6.92 Å². The molecule has 0 atom stereocenters. The second-order valence-corrected chi connectivity index (χ2v) is 5.44. The van der Waals surface area contributed by atoms with Crippen LogP contribution < -0.4 is 0 Å². The Balaban J connectivity index is 0. The van der Waals surface area contributed by atoms with Crippen LogP contribution in [0.15, 0.2) is 0 Å². The van der Waals surface area contributed by atoms with E-state index in [4.69, 9.17) is 11.6 Å². The summed E-state index contributed by atoms with van der Waals surface area (Å²) in [6.07, 6.45) is 0. The van der Waals surface area contributed by atoms with Crippen LogP contribution in [0.3, 0.4) is 0 Å². The third-order valence-corrected chi connectivity index (χ3v) is 1.75. The Morgan fingerprint density at radius 1 is 1.13 bits per heavy atom. The summed E-state index contributed by atoms with van der Waals surface area (Å²) >= 11 is 5.44. The summed E-state index contributed by atoms with van der Waals surface area (Å²) in [7, 11) is -7.11. The standard InChI is InChI=1S/C5H11ClNO.F6P/c1-5(8)7(2,3)4-6;1-7(2,3,4,5)6/h4H2,1-3H3;/q+1;-1. The molecule has 0 N–H and O–H groups in total.